The summed E-state index contributed by atoms with van der Waals surface area (Å²) in [7, 11) is 0. The molecule has 1 unspecified atom stereocenters. The van der Waals surface area contributed by atoms with Gasteiger partial charge in [0.25, 0.3) is 0 Å². The fourth-order valence-corrected chi connectivity index (χ4v) is 7.54. The quantitative estimate of drug-likeness (QED) is 0.198. The van der Waals surface area contributed by atoms with Gasteiger partial charge < -0.3 is 8.98 Å². The maximum atomic E-state index is 6.68. The van der Waals surface area contributed by atoms with Crippen LogP contribution in [-0.2, 0) is 0 Å². The molecule has 6 aromatic carbocycles. The third-order valence-corrected chi connectivity index (χ3v) is 9.73. The molecule has 0 amide bonds. The Labute approximate surface area is 276 Å². The first-order valence-corrected chi connectivity index (χ1v) is 16.4. The summed E-state index contributed by atoms with van der Waals surface area (Å²) in [6.45, 7) is 0. The van der Waals surface area contributed by atoms with Crippen LogP contribution in [-0.4, -0.2) is 14.5 Å². The minimum Gasteiger partial charge on any atom is -0.456 e. The topological polar surface area (TPSA) is 43.9 Å². The molecule has 4 heteroatoms. The molecule has 0 N–H and O–H groups in total. The van der Waals surface area contributed by atoms with Crippen molar-refractivity contribution in [3.05, 3.63) is 156 Å². The number of furan rings is 1. The summed E-state index contributed by atoms with van der Waals surface area (Å²) in [6, 6.07) is 51.1. The van der Waals surface area contributed by atoms with Crippen molar-refractivity contribution in [1.29, 1.82) is 0 Å². The predicted molar refractivity (Wildman–Crippen MR) is 197 cm³/mol. The highest BCUT2D eigenvalue weighted by Crippen LogP contribution is 2.37. The van der Waals surface area contributed by atoms with Crippen LogP contribution in [0.3, 0.4) is 0 Å². The molecule has 48 heavy (non-hydrogen) atoms. The van der Waals surface area contributed by atoms with Crippen LogP contribution in [0.4, 0.5) is 0 Å². The molecule has 1 aliphatic carbocycles. The molecule has 0 aliphatic heterocycles. The lowest BCUT2D eigenvalue weighted by molar-refractivity contribution is 0.560. The Kier molecular flexibility index (Phi) is 5.97. The summed E-state index contributed by atoms with van der Waals surface area (Å²) in [6.07, 6.45) is 5.52. The van der Waals surface area contributed by atoms with E-state index < -0.39 is 0 Å². The standard InChI is InChI=1S/C44H29N3O/c1-3-12-28(13-4-1)30-22-24-33-32-16-8-10-20-38(32)47(39(33)26-30)31-23-25-35-41(27-31)48-40-21-11-18-36(42(35)40)43-34-17-7-9-19-37(34)45-44(46-43)29-14-5-2-6-15-29/h1-22,24-27,31H,23H2. The highest BCUT2D eigenvalue weighted by molar-refractivity contribution is 6.09. The van der Waals surface area contributed by atoms with Gasteiger partial charge in [0.2, 0.25) is 0 Å². The molecular weight excluding hydrogens is 587 g/mol. The van der Waals surface area contributed by atoms with Crippen molar-refractivity contribution in [2.24, 2.45) is 0 Å². The Morgan fingerprint density at radius 2 is 1.31 bits per heavy atom. The highest BCUT2D eigenvalue weighted by atomic mass is 16.3. The first-order valence-electron chi connectivity index (χ1n) is 16.4. The van der Waals surface area contributed by atoms with E-state index in [0.29, 0.717) is 0 Å². The summed E-state index contributed by atoms with van der Waals surface area (Å²) < 4.78 is 9.18. The SMILES string of the molecule is C1=c2oc3cccc(-c4nc(-c5ccccc5)nc5ccccc45)c3c2=CCC1n1c2ccccc2c2ccc(-c3ccccc3)cc21. The van der Waals surface area contributed by atoms with Gasteiger partial charge in [0, 0.05) is 43.4 Å². The van der Waals surface area contributed by atoms with Crippen molar-refractivity contribution >= 4 is 55.8 Å². The Bertz CT molecular complexity index is 2810. The minimum atomic E-state index is 0.0968. The molecule has 10 rings (SSSR count). The molecule has 0 spiro atoms. The van der Waals surface area contributed by atoms with Crippen molar-refractivity contribution in [1.82, 2.24) is 14.5 Å². The second kappa shape index (κ2) is 10.6. The number of para-hydroxylation sites is 2. The van der Waals surface area contributed by atoms with Crippen molar-refractivity contribution in [3.63, 3.8) is 0 Å². The molecule has 3 heterocycles. The Morgan fingerprint density at radius 3 is 2.17 bits per heavy atom. The van der Waals surface area contributed by atoms with Gasteiger partial charge in [-0.3, -0.25) is 0 Å². The molecule has 9 aromatic rings. The molecule has 1 aliphatic rings. The van der Waals surface area contributed by atoms with Gasteiger partial charge in [-0.1, -0.05) is 127 Å². The zero-order chi connectivity index (χ0) is 31.6. The first-order chi connectivity index (χ1) is 23.8. The van der Waals surface area contributed by atoms with Crippen LogP contribution in [0.25, 0.3) is 89.6 Å². The van der Waals surface area contributed by atoms with E-state index in [4.69, 9.17) is 14.4 Å². The molecule has 0 saturated heterocycles. The molecule has 4 nitrogen and oxygen atoms in total. The van der Waals surface area contributed by atoms with E-state index in [0.717, 1.165) is 61.6 Å². The number of nitrogens with zero attached hydrogens (tertiary/aromatic N) is 3. The normalized spacial score (nSPS) is 14.3. The van der Waals surface area contributed by atoms with Crippen LogP contribution in [0.1, 0.15) is 12.5 Å². The monoisotopic (exact) mass is 615 g/mol. The molecule has 0 fully saturated rings. The van der Waals surface area contributed by atoms with Crippen molar-refractivity contribution < 1.29 is 4.42 Å². The molecule has 1 atom stereocenters. The predicted octanol–water partition coefficient (Wildman–Crippen LogP) is 9.69. The van der Waals surface area contributed by atoms with Gasteiger partial charge in [-0.25, -0.2) is 9.97 Å². The van der Waals surface area contributed by atoms with E-state index in [1.807, 2.05) is 24.3 Å². The van der Waals surface area contributed by atoms with Gasteiger partial charge in [-0.2, -0.15) is 0 Å². The third-order valence-electron chi connectivity index (χ3n) is 9.73. The van der Waals surface area contributed by atoms with Gasteiger partial charge in [0.1, 0.15) is 11.0 Å². The van der Waals surface area contributed by atoms with Crippen LogP contribution >= 0.6 is 0 Å². The zero-order valence-electron chi connectivity index (χ0n) is 26.0. The van der Waals surface area contributed by atoms with E-state index in [1.165, 1.54) is 32.9 Å². The summed E-state index contributed by atoms with van der Waals surface area (Å²) >= 11 is 0. The van der Waals surface area contributed by atoms with Crippen LogP contribution < -0.4 is 10.6 Å². The van der Waals surface area contributed by atoms with E-state index in [-0.39, 0.29) is 6.04 Å². The number of aromatic nitrogens is 3. The average Bonchev–Trinajstić information content (AvgIpc) is 3.70. The van der Waals surface area contributed by atoms with E-state index >= 15 is 0 Å². The van der Waals surface area contributed by atoms with Crippen LogP contribution in [0.5, 0.6) is 0 Å². The first kappa shape index (κ1) is 26.9. The Balaban J connectivity index is 1.18. The number of benzene rings is 6. The molecule has 3 aromatic heterocycles. The van der Waals surface area contributed by atoms with Gasteiger partial charge >= 0.3 is 0 Å². The average molecular weight is 616 g/mol. The maximum absolute atomic E-state index is 6.68. The Hall–Kier alpha value is -6.26. The van der Waals surface area contributed by atoms with Crippen molar-refractivity contribution in [3.8, 4) is 33.8 Å². The van der Waals surface area contributed by atoms with Gasteiger partial charge in [0.15, 0.2) is 5.82 Å². The van der Waals surface area contributed by atoms with Crippen molar-refractivity contribution in [2.45, 2.75) is 12.5 Å². The van der Waals surface area contributed by atoms with Crippen LogP contribution in [0.15, 0.2) is 150 Å². The second-order valence-corrected chi connectivity index (χ2v) is 12.5. The lowest BCUT2D eigenvalue weighted by Crippen LogP contribution is -2.27. The van der Waals surface area contributed by atoms with Gasteiger partial charge in [-0.15, -0.1) is 0 Å². The van der Waals surface area contributed by atoms with Crippen molar-refractivity contribution in [2.75, 3.05) is 0 Å². The lowest BCUT2D eigenvalue weighted by Gasteiger charge is -2.18. The molecule has 0 saturated carbocycles. The smallest absolute Gasteiger partial charge is 0.160 e. The molecule has 0 radical (unpaired) electrons. The lowest BCUT2D eigenvalue weighted by atomic mass is 9.99. The van der Waals surface area contributed by atoms with Crippen LogP contribution in [0, 0.1) is 0 Å². The van der Waals surface area contributed by atoms with E-state index in [1.54, 1.807) is 0 Å². The third kappa shape index (κ3) is 4.16. The maximum Gasteiger partial charge on any atom is 0.160 e. The fraction of sp³-hybridized carbons (Fsp3) is 0.0455. The molecule has 0 bridgehead atoms. The fourth-order valence-electron chi connectivity index (χ4n) is 7.54. The van der Waals surface area contributed by atoms with Gasteiger partial charge in [-0.05, 0) is 47.9 Å². The van der Waals surface area contributed by atoms with Crippen LogP contribution in [0.2, 0.25) is 0 Å². The Morgan fingerprint density at radius 1 is 0.583 bits per heavy atom. The number of fused-ring (bicyclic) bond motifs is 7. The number of hydrogen-bond acceptors (Lipinski definition) is 3. The van der Waals surface area contributed by atoms with Gasteiger partial charge in [0.05, 0.1) is 22.8 Å². The summed E-state index contributed by atoms with van der Waals surface area (Å²) in [5.41, 5.74) is 10.6. The zero-order valence-corrected chi connectivity index (χ0v) is 26.0. The summed E-state index contributed by atoms with van der Waals surface area (Å²) in [4.78, 5) is 10.1. The van der Waals surface area contributed by atoms with E-state index in [2.05, 4.69) is 138 Å². The number of hydrogen-bond donors (Lipinski definition) is 0. The highest BCUT2D eigenvalue weighted by Gasteiger charge is 2.22. The minimum absolute atomic E-state index is 0.0968. The largest absolute Gasteiger partial charge is 0.456 e. The second-order valence-electron chi connectivity index (χ2n) is 12.5. The molecule has 226 valence electrons. The summed E-state index contributed by atoms with van der Waals surface area (Å²) in [5, 5.41) is 5.78. The van der Waals surface area contributed by atoms with E-state index in [9.17, 15) is 0 Å². The molecular formula is C44H29N3O. The summed E-state index contributed by atoms with van der Waals surface area (Å²) in [5.74, 6) is 0.718. The number of rotatable bonds is 4.